The van der Waals surface area contributed by atoms with Gasteiger partial charge in [0.05, 0.1) is 23.0 Å². The van der Waals surface area contributed by atoms with Crippen LogP contribution in [0, 0.1) is 17.8 Å². The Labute approximate surface area is 188 Å². The summed E-state index contributed by atoms with van der Waals surface area (Å²) >= 11 is 0. The molecule has 0 amide bonds. The number of hydrogen-bond acceptors (Lipinski definition) is 8. The number of fused-ring (bicyclic) bond motifs is 1. The Balaban J connectivity index is 1.13. The summed E-state index contributed by atoms with van der Waals surface area (Å²) in [6.07, 6.45) is 9.45. The Morgan fingerprint density at radius 3 is 2.22 bits per heavy atom. The van der Waals surface area contributed by atoms with Crippen LogP contribution in [0.3, 0.4) is 0 Å². The van der Waals surface area contributed by atoms with Gasteiger partial charge in [-0.1, -0.05) is 19.1 Å². The van der Waals surface area contributed by atoms with E-state index in [-0.39, 0.29) is 0 Å². The predicted molar refractivity (Wildman–Crippen MR) is 123 cm³/mol. The van der Waals surface area contributed by atoms with E-state index in [2.05, 4.69) is 37.1 Å². The first-order valence-corrected chi connectivity index (χ1v) is 12.7. The third-order valence-corrected chi connectivity index (χ3v) is 7.63. The van der Waals surface area contributed by atoms with E-state index in [1.807, 2.05) is 12.4 Å². The second kappa shape index (κ2) is 8.12. The van der Waals surface area contributed by atoms with E-state index in [0.717, 1.165) is 43.4 Å². The summed E-state index contributed by atoms with van der Waals surface area (Å²) in [4.78, 5) is 20.6. The molecule has 2 atom stereocenters. The number of benzene rings is 1. The van der Waals surface area contributed by atoms with Crippen molar-refractivity contribution < 1.29 is 8.42 Å². The van der Waals surface area contributed by atoms with Gasteiger partial charge < -0.3 is 10.2 Å². The Hall–Kier alpha value is -3.07. The number of aromatic nitrogens is 4. The van der Waals surface area contributed by atoms with Crippen molar-refractivity contribution in [2.75, 3.05) is 36.1 Å². The van der Waals surface area contributed by atoms with Gasteiger partial charge in [0, 0.05) is 43.8 Å². The highest BCUT2D eigenvalue weighted by Crippen LogP contribution is 2.52. The van der Waals surface area contributed by atoms with Crippen LogP contribution in [0.1, 0.15) is 12.5 Å². The van der Waals surface area contributed by atoms with Crippen LogP contribution in [-0.2, 0) is 16.3 Å². The van der Waals surface area contributed by atoms with Crippen LogP contribution in [0.15, 0.2) is 53.9 Å². The van der Waals surface area contributed by atoms with Crippen molar-refractivity contribution in [2.45, 2.75) is 18.2 Å². The van der Waals surface area contributed by atoms with Gasteiger partial charge in [-0.2, -0.15) is 0 Å². The third kappa shape index (κ3) is 4.17. The van der Waals surface area contributed by atoms with E-state index in [4.69, 9.17) is 0 Å². The lowest BCUT2D eigenvalue weighted by Crippen LogP contribution is -2.27. The molecule has 8 nitrogen and oxygen atoms in total. The molecule has 3 aromatic rings. The average Bonchev–Trinajstić information content (AvgIpc) is 3.26. The van der Waals surface area contributed by atoms with Crippen molar-refractivity contribution in [1.29, 1.82) is 0 Å². The molecular weight excluding hydrogens is 424 g/mol. The molecule has 5 rings (SSSR count). The molecule has 3 heterocycles. The first kappa shape index (κ1) is 20.8. The number of nitrogens with one attached hydrogen (secondary N) is 1. The van der Waals surface area contributed by atoms with E-state index >= 15 is 0 Å². The number of aryl methyl sites for hydroxylation is 1. The van der Waals surface area contributed by atoms with Crippen LogP contribution in [0.4, 0.5) is 11.8 Å². The Kier molecular flexibility index (Phi) is 5.28. The molecule has 2 aliphatic rings. The molecule has 1 aromatic carbocycles. The molecule has 9 heteroatoms. The van der Waals surface area contributed by atoms with Gasteiger partial charge in [-0.25, -0.2) is 23.4 Å². The van der Waals surface area contributed by atoms with E-state index in [0.29, 0.717) is 28.3 Å². The molecule has 0 bridgehead atoms. The summed E-state index contributed by atoms with van der Waals surface area (Å²) in [5, 5.41) is 3.41. The molecule has 2 unspecified atom stereocenters. The Morgan fingerprint density at radius 1 is 0.969 bits per heavy atom. The maximum absolute atomic E-state index is 11.6. The molecule has 1 saturated carbocycles. The maximum atomic E-state index is 11.6. The topological polar surface area (TPSA) is 101 Å². The molecule has 32 heavy (non-hydrogen) atoms. The summed E-state index contributed by atoms with van der Waals surface area (Å²) in [6, 6.07) is 6.70. The quantitative estimate of drug-likeness (QED) is 0.586. The zero-order valence-electron chi connectivity index (χ0n) is 18.1. The Bertz CT molecular complexity index is 1180. The van der Waals surface area contributed by atoms with E-state index in [1.165, 1.54) is 11.8 Å². The number of piperidine rings is 1. The number of sulfone groups is 1. The van der Waals surface area contributed by atoms with Crippen molar-refractivity contribution in [3.05, 3.63) is 54.6 Å². The molecule has 2 fully saturated rings. The highest BCUT2D eigenvalue weighted by molar-refractivity contribution is 7.90. The largest absolute Gasteiger partial charge is 0.368 e. The number of anilines is 2. The smallest absolute Gasteiger partial charge is 0.225 e. The summed E-state index contributed by atoms with van der Waals surface area (Å²) in [5.41, 5.74) is 2.71. The molecule has 1 saturated heterocycles. The van der Waals surface area contributed by atoms with Crippen LogP contribution in [0.5, 0.6) is 0 Å². The highest BCUT2D eigenvalue weighted by Gasteiger charge is 2.55. The zero-order valence-corrected chi connectivity index (χ0v) is 19.0. The summed E-state index contributed by atoms with van der Waals surface area (Å²) in [5.74, 6) is 3.59. The second-order valence-electron chi connectivity index (χ2n) is 8.61. The summed E-state index contributed by atoms with van der Waals surface area (Å²) in [7, 11) is -3.20. The molecule has 0 radical (unpaired) electrons. The highest BCUT2D eigenvalue weighted by atomic mass is 32.2. The van der Waals surface area contributed by atoms with Gasteiger partial charge in [0.15, 0.2) is 9.84 Å². The van der Waals surface area contributed by atoms with Gasteiger partial charge in [-0.15, -0.1) is 0 Å². The third-order valence-electron chi connectivity index (χ3n) is 6.50. The fourth-order valence-corrected chi connectivity index (χ4v) is 5.10. The lowest BCUT2D eigenvalue weighted by atomic mass is 10.2. The van der Waals surface area contributed by atoms with Gasteiger partial charge in [0.25, 0.3) is 0 Å². The van der Waals surface area contributed by atoms with Gasteiger partial charge >= 0.3 is 0 Å². The van der Waals surface area contributed by atoms with Gasteiger partial charge in [-0.05, 0) is 41.9 Å². The van der Waals surface area contributed by atoms with Crippen molar-refractivity contribution in [3.8, 4) is 11.3 Å². The normalized spacial score (nSPS) is 21.9. The maximum Gasteiger partial charge on any atom is 0.225 e. The van der Waals surface area contributed by atoms with Crippen LogP contribution < -0.4 is 10.2 Å². The van der Waals surface area contributed by atoms with E-state index < -0.39 is 9.84 Å². The first-order valence-electron chi connectivity index (χ1n) is 10.8. The standard InChI is InChI=1S/C23H26N6O2S/c1-3-15-8-27-23(28-9-15)29-13-19-18(20(19)14-29)10-25-22-12-24-21(11-26-22)16-4-6-17(7-5-16)32(2,30)31/h4-9,11-12,18-20H,3,10,13-14H2,1-2H3,(H,25,26). The molecular formula is C23H26N6O2S. The van der Waals surface area contributed by atoms with Gasteiger partial charge in [-0.3, -0.25) is 4.98 Å². The predicted octanol–water partition coefficient (Wildman–Crippen LogP) is 2.69. The van der Waals surface area contributed by atoms with Crippen LogP contribution in [0.2, 0.25) is 0 Å². The van der Waals surface area contributed by atoms with Crippen molar-refractivity contribution in [2.24, 2.45) is 17.8 Å². The molecule has 1 aliphatic heterocycles. The van der Waals surface area contributed by atoms with Gasteiger partial charge in [0.2, 0.25) is 5.95 Å². The number of nitrogens with zero attached hydrogens (tertiary/aromatic N) is 5. The van der Waals surface area contributed by atoms with Crippen LogP contribution in [-0.4, -0.2) is 54.2 Å². The lowest BCUT2D eigenvalue weighted by Gasteiger charge is -2.19. The van der Waals surface area contributed by atoms with Gasteiger partial charge in [0.1, 0.15) is 5.82 Å². The lowest BCUT2D eigenvalue weighted by molar-refractivity contribution is 0.602. The molecule has 2 aromatic heterocycles. The van der Waals surface area contributed by atoms with Crippen LogP contribution >= 0.6 is 0 Å². The minimum Gasteiger partial charge on any atom is -0.368 e. The molecule has 0 spiro atoms. The monoisotopic (exact) mass is 450 g/mol. The first-order chi connectivity index (χ1) is 15.4. The fraction of sp³-hybridized carbons (Fsp3) is 0.391. The van der Waals surface area contributed by atoms with Crippen molar-refractivity contribution >= 4 is 21.6 Å². The second-order valence-corrected chi connectivity index (χ2v) is 10.6. The summed E-state index contributed by atoms with van der Waals surface area (Å²) in [6.45, 7) is 5.01. The number of rotatable bonds is 7. The molecule has 1 N–H and O–H groups in total. The minimum absolute atomic E-state index is 0.297. The number of hydrogen-bond donors (Lipinski definition) is 1. The van der Waals surface area contributed by atoms with Crippen molar-refractivity contribution in [1.82, 2.24) is 19.9 Å². The fourth-order valence-electron chi connectivity index (χ4n) is 4.47. The minimum atomic E-state index is -3.20. The Morgan fingerprint density at radius 2 is 1.66 bits per heavy atom. The summed E-state index contributed by atoms with van der Waals surface area (Å²) < 4.78 is 23.2. The van der Waals surface area contributed by atoms with Crippen LogP contribution in [0.25, 0.3) is 11.3 Å². The zero-order chi connectivity index (χ0) is 22.3. The van der Waals surface area contributed by atoms with E-state index in [1.54, 1.807) is 36.7 Å². The van der Waals surface area contributed by atoms with E-state index in [9.17, 15) is 8.42 Å². The molecule has 1 aliphatic carbocycles. The SMILES string of the molecule is CCc1cnc(N2CC3C(CNc4cnc(-c5ccc(S(C)(=O)=O)cc5)cn4)C3C2)nc1. The molecule has 166 valence electrons. The van der Waals surface area contributed by atoms with Crippen molar-refractivity contribution in [3.63, 3.8) is 0 Å². The average molecular weight is 451 g/mol.